The molecule has 1 amide bonds. The number of nitrogens with zero attached hydrogens (tertiary/aromatic N) is 1. The lowest BCUT2D eigenvalue weighted by Crippen LogP contribution is -2.28. The second-order valence-electron chi connectivity index (χ2n) is 6.32. The van der Waals surface area contributed by atoms with E-state index in [0.717, 1.165) is 26.9 Å². The number of rotatable bonds is 6. The molecule has 0 saturated carbocycles. The molecule has 6 nitrogen and oxygen atoms in total. The van der Waals surface area contributed by atoms with Gasteiger partial charge in [0.05, 0.1) is 10.2 Å². The molecule has 3 rings (SSSR count). The molecular formula is C21H20N2O4S. The Morgan fingerprint density at radius 2 is 1.93 bits per heavy atom. The monoisotopic (exact) mass is 396 g/mol. The van der Waals surface area contributed by atoms with E-state index in [2.05, 4.69) is 10.3 Å². The van der Waals surface area contributed by atoms with Gasteiger partial charge in [0.25, 0.3) is 5.91 Å². The van der Waals surface area contributed by atoms with E-state index in [0.29, 0.717) is 11.6 Å². The molecule has 0 radical (unpaired) electrons. The Morgan fingerprint density at radius 1 is 1.21 bits per heavy atom. The molecule has 0 atom stereocenters. The van der Waals surface area contributed by atoms with Gasteiger partial charge in [-0.1, -0.05) is 24.3 Å². The number of aromatic nitrogens is 1. The fraction of sp³-hybridized carbons (Fsp3) is 0.190. The van der Waals surface area contributed by atoms with Crippen LogP contribution in [0.1, 0.15) is 21.7 Å². The first kappa shape index (κ1) is 19.6. The molecule has 0 aliphatic heterocycles. The van der Waals surface area contributed by atoms with E-state index >= 15 is 0 Å². The van der Waals surface area contributed by atoms with Crippen molar-refractivity contribution in [3.8, 4) is 5.75 Å². The molecule has 2 N–H and O–H groups in total. The molecule has 0 aliphatic carbocycles. The van der Waals surface area contributed by atoms with Crippen LogP contribution < -0.4 is 5.32 Å². The van der Waals surface area contributed by atoms with Crippen LogP contribution in [0.2, 0.25) is 0 Å². The van der Waals surface area contributed by atoms with E-state index in [1.165, 1.54) is 17.4 Å². The summed E-state index contributed by atoms with van der Waals surface area (Å²) in [5.74, 6) is -0.750. The van der Waals surface area contributed by atoms with Crippen molar-refractivity contribution in [2.45, 2.75) is 20.4 Å². The molecule has 0 aliphatic rings. The Hall–Kier alpha value is -3.19. The van der Waals surface area contributed by atoms with Crippen molar-refractivity contribution in [3.63, 3.8) is 0 Å². The van der Waals surface area contributed by atoms with Gasteiger partial charge in [-0.05, 0) is 48.7 Å². The lowest BCUT2D eigenvalue weighted by atomic mass is 10.1. The van der Waals surface area contributed by atoms with E-state index in [9.17, 15) is 14.7 Å². The number of hydrogen-bond donors (Lipinski definition) is 2. The Bertz CT molecular complexity index is 999. The minimum atomic E-state index is -0.606. The highest BCUT2D eigenvalue weighted by Crippen LogP contribution is 2.23. The first-order valence-corrected chi connectivity index (χ1v) is 9.50. The van der Waals surface area contributed by atoms with Gasteiger partial charge >= 0.3 is 5.97 Å². The molecule has 7 heteroatoms. The summed E-state index contributed by atoms with van der Waals surface area (Å²) in [6.45, 7) is 3.53. The maximum Gasteiger partial charge on any atom is 0.331 e. The minimum Gasteiger partial charge on any atom is -0.507 e. The van der Waals surface area contributed by atoms with Crippen LogP contribution in [0.25, 0.3) is 16.3 Å². The van der Waals surface area contributed by atoms with Crippen molar-refractivity contribution < 1.29 is 19.4 Å². The van der Waals surface area contributed by atoms with Gasteiger partial charge in [0.15, 0.2) is 6.61 Å². The predicted octanol–water partition coefficient (Wildman–Crippen LogP) is 3.49. The number of aromatic hydroxyl groups is 1. The van der Waals surface area contributed by atoms with Crippen LogP contribution in [0.15, 0.2) is 42.5 Å². The Balaban J connectivity index is 1.46. The van der Waals surface area contributed by atoms with Crippen molar-refractivity contribution in [2.24, 2.45) is 0 Å². The van der Waals surface area contributed by atoms with Crippen LogP contribution in [0, 0.1) is 13.8 Å². The third kappa shape index (κ3) is 4.95. The molecule has 0 fully saturated rings. The molecule has 144 valence electrons. The number of fused-ring (bicyclic) bond motifs is 1. The number of benzene rings is 2. The predicted molar refractivity (Wildman–Crippen MR) is 109 cm³/mol. The number of carbonyl (C=O) groups is 2. The molecule has 28 heavy (non-hydrogen) atoms. The van der Waals surface area contributed by atoms with Gasteiger partial charge in [0.2, 0.25) is 0 Å². The fourth-order valence-corrected chi connectivity index (χ4v) is 3.56. The number of phenols is 1. The van der Waals surface area contributed by atoms with Gasteiger partial charge < -0.3 is 15.2 Å². The van der Waals surface area contributed by atoms with Crippen LogP contribution in [0.3, 0.4) is 0 Å². The number of phenolic OH excluding ortho intramolecular Hbond substituents is 1. The van der Waals surface area contributed by atoms with Crippen LogP contribution in [0.4, 0.5) is 0 Å². The van der Waals surface area contributed by atoms with Gasteiger partial charge in [-0.3, -0.25) is 4.79 Å². The summed E-state index contributed by atoms with van der Waals surface area (Å²) in [5.41, 5.74) is 3.23. The maximum absolute atomic E-state index is 11.9. The second-order valence-corrected chi connectivity index (χ2v) is 7.38. The third-order valence-electron chi connectivity index (χ3n) is 4.06. The summed E-state index contributed by atoms with van der Waals surface area (Å²) in [6.07, 6.45) is 2.84. The number of nitrogens with one attached hydrogen (secondary N) is 1. The summed E-state index contributed by atoms with van der Waals surface area (Å²) in [4.78, 5) is 28.1. The number of ether oxygens (including phenoxy) is 1. The quantitative estimate of drug-likeness (QED) is 0.492. The SMILES string of the molecule is Cc1cc(CNC(=O)COC(=O)C=Cc2nc3ccccc3s2)cc(C)c1O. The number of para-hydroxylation sites is 1. The summed E-state index contributed by atoms with van der Waals surface area (Å²) >= 11 is 1.47. The highest BCUT2D eigenvalue weighted by molar-refractivity contribution is 7.19. The molecule has 0 spiro atoms. The lowest BCUT2D eigenvalue weighted by Gasteiger charge is -2.09. The van der Waals surface area contributed by atoms with Gasteiger partial charge in [-0.15, -0.1) is 11.3 Å². The Labute approximate surface area is 166 Å². The first-order valence-electron chi connectivity index (χ1n) is 8.68. The van der Waals surface area contributed by atoms with E-state index in [1.807, 2.05) is 24.3 Å². The summed E-state index contributed by atoms with van der Waals surface area (Å²) < 4.78 is 5.99. The van der Waals surface area contributed by atoms with Crippen LogP contribution in [-0.4, -0.2) is 28.6 Å². The fourth-order valence-electron chi connectivity index (χ4n) is 2.68. The van der Waals surface area contributed by atoms with E-state index in [4.69, 9.17) is 4.74 Å². The smallest absolute Gasteiger partial charge is 0.331 e. The number of carbonyl (C=O) groups excluding carboxylic acids is 2. The summed E-state index contributed by atoms with van der Waals surface area (Å²) in [5, 5.41) is 13.2. The zero-order valence-corrected chi connectivity index (χ0v) is 16.4. The van der Waals surface area contributed by atoms with Crippen molar-refractivity contribution in [1.29, 1.82) is 0 Å². The summed E-state index contributed by atoms with van der Waals surface area (Å²) in [7, 11) is 0. The van der Waals surface area contributed by atoms with Crippen LogP contribution in [-0.2, 0) is 20.9 Å². The molecule has 3 aromatic rings. The third-order valence-corrected chi connectivity index (χ3v) is 5.06. The highest BCUT2D eigenvalue weighted by atomic mass is 32.1. The number of thiazole rings is 1. The molecule has 1 aromatic heterocycles. The first-order chi connectivity index (χ1) is 13.4. The lowest BCUT2D eigenvalue weighted by molar-refractivity contribution is -0.143. The molecule has 1 heterocycles. The molecular weight excluding hydrogens is 376 g/mol. The van der Waals surface area contributed by atoms with Crippen molar-refractivity contribution in [2.75, 3.05) is 6.61 Å². The standard InChI is InChI=1S/C21H20N2O4S/c1-13-9-15(10-14(2)21(13)26)11-22-18(24)12-27-20(25)8-7-19-23-16-5-3-4-6-17(16)28-19/h3-10,26H,11-12H2,1-2H3,(H,22,24). The number of amides is 1. The maximum atomic E-state index is 11.9. The zero-order valence-electron chi connectivity index (χ0n) is 15.6. The molecule has 2 aromatic carbocycles. The van der Waals surface area contributed by atoms with Crippen molar-refractivity contribution in [3.05, 3.63) is 64.2 Å². The minimum absolute atomic E-state index is 0.254. The van der Waals surface area contributed by atoms with Gasteiger partial charge in [-0.2, -0.15) is 0 Å². The molecule has 0 saturated heterocycles. The summed E-state index contributed by atoms with van der Waals surface area (Å²) in [6, 6.07) is 11.3. The average Bonchev–Trinajstić information content (AvgIpc) is 3.10. The van der Waals surface area contributed by atoms with Gasteiger partial charge in [-0.25, -0.2) is 9.78 Å². The van der Waals surface area contributed by atoms with E-state index in [-0.39, 0.29) is 12.4 Å². The molecule has 0 unspecified atom stereocenters. The topological polar surface area (TPSA) is 88.5 Å². The number of esters is 1. The molecule has 0 bridgehead atoms. The van der Waals surface area contributed by atoms with E-state index in [1.54, 1.807) is 32.1 Å². The normalized spacial score (nSPS) is 11.1. The van der Waals surface area contributed by atoms with Crippen LogP contribution >= 0.6 is 11.3 Å². The van der Waals surface area contributed by atoms with Gasteiger partial charge in [0, 0.05) is 12.6 Å². The van der Waals surface area contributed by atoms with E-state index < -0.39 is 11.9 Å². The van der Waals surface area contributed by atoms with Crippen LogP contribution in [0.5, 0.6) is 5.75 Å². The average molecular weight is 396 g/mol. The van der Waals surface area contributed by atoms with Crippen molar-refractivity contribution in [1.82, 2.24) is 10.3 Å². The van der Waals surface area contributed by atoms with Gasteiger partial charge in [0.1, 0.15) is 10.8 Å². The number of hydrogen-bond acceptors (Lipinski definition) is 6. The highest BCUT2D eigenvalue weighted by Gasteiger charge is 2.08. The second kappa shape index (κ2) is 8.67. The largest absolute Gasteiger partial charge is 0.507 e. The number of aryl methyl sites for hydroxylation is 2. The Kier molecular flexibility index (Phi) is 6.06. The Morgan fingerprint density at radius 3 is 2.64 bits per heavy atom. The zero-order chi connectivity index (χ0) is 20.1. The van der Waals surface area contributed by atoms with Crippen molar-refractivity contribution >= 4 is 39.5 Å².